The third-order valence-corrected chi connectivity index (χ3v) is 11.8. The smallest absolute Gasteiger partial charge is 0.425 e. The van der Waals surface area contributed by atoms with Crippen LogP contribution in [-0.2, 0) is 19.1 Å². The van der Waals surface area contributed by atoms with Crippen LogP contribution in [0.5, 0.6) is 0 Å². The van der Waals surface area contributed by atoms with Gasteiger partial charge >= 0.3 is 12.2 Å². The third kappa shape index (κ3) is 7.61. The SMILES string of the molecule is COC(=O)NC(C(=O)N1CCC[C@H]1c1ncc(-c2ccc(-c3ccc(-c4cnc([C@@H]5C6CCC(C6)[C@H]5C(=O)N(NC(=O)OC)C(C)C)[nH]4)cc3)cc2)[nH]1)C(C)C. The second-order valence-electron chi connectivity index (χ2n) is 15.9. The Labute approximate surface area is 327 Å². The number of fused-ring (bicyclic) bond motifs is 2. The number of alkyl carbamates (subject to hydrolysis) is 1. The van der Waals surface area contributed by atoms with E-state index in [0.29, 0.717) is 12.5 Å². The minimum atomic E-state index is -0.687. The van der Waals surface area contributed by atoms with E-state index in [9.17, 15) is 19.2 Å². The van der Waals surface area contributed by atoms with Gasteiger partial charge in [-0.1, -0.05) is 62.4 Å². The molecule has 0 spiro atoms. The number of carbonyl (C=O) groups excluding carboxylic acids is 4. The van der Waals surface area contributed by atoms with Gasteiger partial charge in [0.1, 0.15) is 17.7 Å². The zero-order valence-corrected chi connectivity index (χ0v) is 32.9. The van der Waals surface area contributed by atoms with Crippen molar-refractivity contribution >= 4 is 24.0 Å². The minimum absolute atomic E-state index is 0.0494. The number of amides is 4. The lowest BCUT2D eigenvalue weighted by Crippen LogP contribution is -2.53. The molecule has 0 radical (unpaired) electrons. The maximum absolute atomic E-state index is 13.9. The molecule has 2 bridgehead atoms. The number of likely N-dealkylation sites (tertiary alicyclic amines) is 1. The first-order chi connectivity index (χ1) is 27.0. The van der Waals surface area contributed by atoms with Crippen molar-refractivity contribution in [3.05, 3.63) is 72.6 Å². The quantitative estimate of drug-likeness (QED) is 0.127. The predicted octanol–water partition coefficient (Wildman–Crippen LogP) is 6.82. The summed E-state index contributed by atoms with van der Waals surface area (Å²) >= 11 is 0. The number of H-pyrrole nitrogens is 2. The van der Waals surface area contributed by atoms with Gasteiger partial charge in [-0.05, 0) is 86.0 Å². The van der Waals surface area contributed by atoms with E-state index in [2.05, 4.69) is 74.2 Å². The standard InChI is InChI=1S/C42H52N8O6/c1-23(2)36(47-41(53)55-5)40(52)49-19-7-8-33(49)37-43-21-31(45-37)27-13-9-25(10-14-27)26-11-15-28(16-12-26)32-22-44-38(46-32)34-29-17-18-30(20-29)35(34)39(51)50(24(3)4)48-42(54)56-6/h9-16,21-24,29-30,33-36H,7-8,17-20H2,1-6H3,(H,43,45)(H,44,46)(H,47,53)(H,48,54)/t29?,30?,33-,34+,35+,36?/m0/s1. The molecule has 2 aromatic carbocycles. The number of nitrogens with zero attached hydrogens (tertiary/aromatic N) is 4. The molecule has 3 heterocycles. The number of benzene rings is 2. The van der Waals surface area contributed by atoms with Crippen LogP contribution in [0.4, 0.5) is 9.59 Å². The molecule has 4 aromatic rings. The number of ether oxygens (including phenoxy) is 2. The van der Waals surface area contributed by atoms with Gasteiger partial charge in [0.15, 0.2) is 0 Å². The molecule has 1 saturated heterocycles. The summed E-state index contributed by atoms with van der Waals surface area (Å²) in [6, 6.07) is 15.5. The number of aromatic nitrogens is 4. The number of hydrogen-bond acceptors (Lipinski definition) is 8. The summed E-state index contributed by atoms with van der Waals surface area (Å²) in [7, 11) is 2.58. The maximum Gasteiger partial charge on any atom is 0.425 e. The molecule has 4 N–H and O–H groups in total. The summed E-state index contributed by atoms with van der Waals surface area (Å²) < 4.78 is 9.55. The number of hydrogen-bond donors (Lipinski definition) is 4. The Morgan fingerprint density at radius 1 is 0.768 bits per heavy atom. The normalized spacial score (nSPS) is 22.0. The van der Waals surface area contributed by atoms with Crippen LogP contribution < -0.4 is 10.7 Å². The Morgan fingerprint density at radius 3 is 1.89 bits per heavy atom. The third-order valence-electron chi connectivity index (χ3n) is 11.8. The van der Waals surface area contributed by atoms with Gasteiger partial charge in [0.2, 0.25) is 11.8 Å². The fourth-order valence-corrected chi connectivity index (χ4v) is 8.97. The highest BCUT2D eigenvalue weighted by atomic mass is 16.5. The number of aromatic amines is 2. The van der Waals surface area contributed by atoms with E-state index in [1.54, 1.807) is 6.20 Å². The molecule has 296 valence electrons. The molecule has 6 atom stereocenters. The molecule has 2 aliphatic carbocycles. The van der Waals surface area contributed by atoms with E-state index in [4.69, 9.17) is 14.5 Å². The van der Waals surface area contributed by atoms with E-state index in [1.807, 2.05) is 38.8 Å². The van der Waals surface area contributed by atoms with E-state index in [0.717, 1.165) is 77.4 Å². The van der Waals surface area contributed by atoms with E-state index in [1.165, 1.54) is 19.2 Å². The monoisotopic (exact) mass is 764 g/mol. The van der Waals surface area contributed by atoms with Crippen molar-refractivity contribution in [1.29, 1.82) is 0 Å². The van der Waals surface area contributed by atoms with Gasteiger partial charge < -0.3 is 29.7 Å². The summed E-state index contributed by atoms with van der Waals surface area (Å²) in [5, 5.41) is 4.11. The molecule has 56 heavy (non-hydrogen) atoms. The van der Waals surface area contributed by atoms with Gasteiger partial charge in [0.25, 0.3) is 0 Å². The topological polar surface area (TPSA) is 175 Å². The number of nitrogens with one attached hydrogen (secondary N) is 4. The van der Waals surface area contributed by atoms with Gasteiger partial charge in [-0.15, -0.1) is 0 Å². The summed E-state index contributed by atoms with van der Waals surface area (Å²) in [5.41, 5.74) is 8.48. The zero-order chi connectivity index (χ0) is 39.7. The number of methoxy groups -OCH3 is 2. The van der Waals surface area contributed by atoms with Gasteiger partial charge in [0.05, 0.1) is 50.0 Å². The Bertz CT molecular complexity index is 2040. The zero-order valence-electron chi connectivity index (χ0n) is 32.9. The van der Waals surface area contributed by atoms with Crippen LogP contribution >= 0.6 is 0 Å². The first-order valence-electron chi connectivity index (χ1n) is 19.6. The van der Waals surface area contributed by atoms with Gasteiger partial charge in [0, 0.05) is 18.5 Å². The molecule has 2 aromatic heterocycles. The van der Waals surface area contributed by atoms with Crippen LogP contribution in [-0.4, -0.2) is 86.7 Å². The van der Waals surface area contributed by atoms with Crippen LogP contribution in [0.1, 0.15) is 83.4 Å². The van der Waals surface area contributed by atoms with Crippen LogP contribution in [0, 0.1) is 23.7 Å². The number of carbonyl (C=O) groups is 4. The molecular formula is C42H52N8O6. The maximum atomic E-state index is 13.9. The number of rotatable bonds is 10. The lowest BCUT2D eigenvalue weighted by Gasteiger charge is -2.35. The Kier molecular flexibility index (Phi) is 11.2. The highest BCUT2D eigenvalue weighted by Gasteiger charge is 2.54. The average Bonchev–Trinajstić information content (AvgIpc) is 4.06. The van der Waals surface area contributed by atoms with Crippen LogP contribution in [0.25, 0.3) is 33.6 Å². The molecule has 3 unspecified atom stereocenters. The van der Waals surface area contributed by atoms with E-state index in [-0.39, 0.29) is 47.6 Å². The molecule has 7 rings (SSSR count). The molecule has 14 nitrogen and oxygen atoms in total. The summed E-state index contributed by atoms with van der Waals surface area (Å²) in [4.78, 5) is 69.8. The molecule has 2 saturated carbocycles. The minimum Gasteiger partial charge on any atom is -0.453 e. The largest absolute Gasteiger partial charge is 0.453 e. The highest BCUT2D eigenvalue weighted by molar-refractivity contribution is 5.86. The summed E-state index contributed by atoms with van der Waals surface area (Å²) in [6.07, 6.45) is 7.05. The molecule has 4 amide bonds. The fraction of sp³-hybridized carbons (Fsp3) is 0.476. The van der Waals surface area contributed by atoms with Crippen molar-refractivity contribution in [3.63, 3.8) is 0 Å². The molecular weight excluding hydrogens is 713 g/mol. The first kappa shape index (κ1) is 38.6. The van der Waals surface area contributed by atoms with Crippen molar-refractivity contribution in [2.24, 2.45) is 23.7 Å². The van der Waals surface area contributed by atoms with Gasteiger partial charge in [-0.2, -0.15) is 0 Å². The van der Waals surface area contributed by atoms with Crippen molar-refractivity contribution in [2.45, 2.75) is 83.8 Å². The predicted molar refractivity (Wildman–Crippen MR) is 209 cm³/mol. The van der Waals surface area contributed by atoms with E-state index < -0.39 is 18.2 Å². The Balaban J connectivity index is 1.02. The van der Waals surface area contributed by atoms with Gasteiger partial charge in [-0.3, -0.25) is 9.59 Å². The molecule has 1 aliphatic heterocycles. The lowest BCUT2D eigenvalue weighted by atomic mass is 9.78. The molecule has 3 fully saturated rings. The molecule has 14 heteroatoms. The van der Waals surface area contributed by atoms with Crippen LogP contribution in [0.15, 0.2) is 60.9 Å². The summed E-state index contributed by atoms with van der Waals surface area (Å²) in [6.45, 7) is 8.15. The molecule has 3 aliphatic rings. The number of hydrazine groups is 1. The van der Waals surface area contributed by atoms with E-state index >= 15 is 0 Å². The number of imidazole rings is 2. The summed E-state index contributed by atoms with van der Waals surface area (Å²) in [5.74, 6) is 1.50. The highest BCUT2D eigenvalue weighted by Crippen LogP contribution is 2.56. The second kappa shape index (κ2) is 16.2. The van der Waals surface area contributed by atoms with Crippen molar-refractivity contribution in [1.82, 2.24) is 40.6 Å². The average molecular weight is 765 g/mol. The van der Waals surface area contributed by atoms with Crippen molar-refractivity contribution in [3.8, 4) is 33.6 Å². The lowest BCUT2D eigenvalue weighted by molar-refractivity contribution is -0.143. The Morgan fingerprint density at radius 2 is 1.32 bits per heavy atom. The first-order valence-corrected chi connectivity index (χ1v) is 19.6. The fourth-order valence-electron chi connectivity index (χ4n) is 8.97. The van der Waals surface area contributed by atoms with Crippen molar-refractivity contribution < 1.29 is 28.7 Å². The van der Waals surface area contributed by atoms with Gasteiger partial charge in [-0.25, -0.2) is 30.0 Å². The Hall–Kier alpha value is -5.66. The van der Waals surface area contributed by atoms with Crippen LogP contribution in [0.2, 0.25) is 0 Å². The second-order valence-corrected chi connectivity index (χ2v) is 15.9. The van der Waals surface area contributed by atoms with Crippen molar-refractivity contribution in [2.75, 3.05) is 20.8 Å². The van der Waals surface area contributed by atoms with Crippen LogP contribution in [0.3, 0.4) is 0 Å².